The number of hydrogen-bond acceptors (Lipinski definition) is 8. The molecule has 2 aromatic carbocycles. The van der Waals surface area contributed by atoms with Crippen molar-refractivity contribution in [1.29, 1.82) is 0 Å². The van der Waals surface area contributed by atoms with Crippen LogP contribution in [0.25, 0.3) is 0 Å². The molecule has 0 unspecified atom stereocenters. The molecular formula is C25H29FN4O8SSe. The molecule has 0 aliphatic rings. The summed E-state index contributed by atoms with van der Waals surface area (Å²) in [6.07, 6.45) is -0.422. The van der Waals surface area contributed by atoms with Gasteiger partial charge in [-0.2, -0.15) is 0 Å². The number of hydrogen-bond donors (Lipinski definition) is 6. The Kier molecular flexibility index (Phi) is 12.9. The molecule has 0 spiro atoms. The van der Waals surface area contributed by atoms with E-state index >= 15 is 0 Å². The Morgan fingerprint density at radius 1 is 1.15 bits per heavy atom. The Balaban J connectivity index is 2.16. The topological polar surface area (TPSA) is 197 Å². The maximum absolute atomic E-state index is 14.0. The van der Waals surface area contributed by atoms with Crippen LogP contribution in [0.1, 0.15) is 28.8 Å². The van der Waals surface area contributed by atoms with Gasteiger partial charge >= 0.3 is 239 Å². The molecule has 2 rings (SSSR count). The first kappa shape index (κ1) is 32.6. The molecule has 7 N–H and O–H groups in total. The van der Waals surface area contributed by atoms with E-state index in [1.807, 2.05) is 0 Å². The minimum atomic E-state index is -1.28. The summed E-state index contributed by atoms with van der Waals surface area (Å²) in [4.78, 5) is 59.8. The van der Waals surface area contributed by atoms with Crippen molar-refractivity contribution in [1.82, 2.24) is 10.6 Å². The van der Waals surface area contributed by atoms with E-state index in [1.54, 1.807) is 31.2 Å². The number of ether oxygens (including phenoxy) is 1. The van der Waals surface area contributed by atoms with Crippen LogP contribution in [0.15, 0.2) is 36.4 Å². The first-order valence-electron chi connectivity index (χ1n) is 11.7. The fraction of sp³-hybridized carbons (Fsp3) is 0.320. The number of halogens is 1. The minimum absolute atomic E-state index is 0.00442. The van der Waals surface area contributed by atoms with Crippen molar-refractivity contribution in [3.8, 4) is 5.75 Å². The molecule has 0 bridgehead atoms. The molecule has 40 heavy (non-hydrogen) atoms. The van der Waals surface area contributed by atoms with Gasteiger partial charge in [-0.25, -0.2) is 0 Å². The van der Waals surface area contributed by atoms with Crippen molar-refractivity contribution >= 4 is 63.8 Å². The average Bonchev–Trinajstić information content (AvgIpc) is 2.91. The van der Waals surface area contributed by atoms with E-state index in [9.17, 15) is 28.4 Å². The average molecular weight is 644 g/mol. The van der Waals surface area contributed by atoms with Gasteiger partial charge in [0.2, 0.25) is 0 Å². The fourth-order valence-corrected chi connectivity index (χ4v) is 7.61. The number of aliphatic carboxylic acids is 2. The van der Waals surface area contributed by atoms with Gasteiger partial charge in [0.05, 0.1) is 0 Å². The SMILES string of the molecule is COc1cccc(C(=O)Nc2ccc(C)c(F)c2)c1[Se]SC[C@@H](NC(=O)CC[C@@H](N)C(=O)O)C(=O)NCC(=O)O. The van der Waals surface area contributed by atoms with Gasteiger partial charge in [-0.3, -0.25) is 0 Å². The third-order valence-electron chi connectivity index (χ3n) is 5.32. The van der Waals surface area contributed by atoms with Crippen LogP contribution in [-0.2, 0) is 19.2 Å². The maximum atomic E-state index is 14.0. The van der Waals surface area contributed by atoms with E-state index in [0.29, 0.717) is 15.8 Å². The monoisotopic (exact) mass is 644 g/mol. The first-order valence-corrected chi connectivity index (χ1v) is 15.6. The van der Waals surface area contributed by atoms with Gasteiger partial charge in [0.1, 0.15) is 0 Å². The molecule has 0 saturated heterocycles. The van der Waals surface area contributed by atoms with Crippen LogP contribution in [-0.4, -0.2) is 85.2 Å². The predicted octanol–water partition coefficient (Wildman–Crippen LogP) is 0.250. The second-order valence-corrected chi connectivity index (χ2v) is 12.5. The van der Waals surface area contributed by atoms with Crippen LogP contribution in [0.5, 0.6) is 5.75 Å². The van der Waals surface area contributed by atoms with Crippen molar-refractivity contribution in [3.05, 3.63) is 53.3 Å². The first-order chi connectivity index (χ1) is 18.9. The molecule has 2 aromatic rings. The van der Waals surface area contributed by atoms with Gasteiger partial charge in [-0.1, -0.05) is 0 Å². The summed E-state index contributed by atoms with van der Waals surface area (Å²) in [6, 6.07) is 6.77. The number of nitrogens with one attached hydrogen (secondary N) is 3. The van der Waals surface area contributed by atoms with E-state index in [2.05, 4.69) is 16.0 Å². The van der Waals surface area contributed by atoms with E-state index < -0.39 is 67.9 Å². The second-order valence-electron chi connectivity index (χ2n) is 8.34. The molecule has 0 saturated carbocycles. The van der Waals surface area contributed by atoms with Crippen LogP contribution >= 0.6 is 10.2 Å². The van der Waals surface area contributed by atoms with Gasteiger partial charge in [0, 0.05) is 0 Å². The summed E-state index contributed by atoms with van der Waals surface area (Å²) in [5.41, 5.74) is 6.39. The molecule has 0 radical (unpaired) electrons. The van der Waals surface area contributed by atoms with Crippen molar-refractivity contribution in [3.63, 3.8) is 0 Å². The Morgan fingerprint density at radius 2 is 1.88 bits per heavy atom. The van der Waals surface area contributed by atoms with Crippen molar-refractivity contribution < 1.29 is 43.3 Å². The van der Waals surface area contributed by atoms with Crippen LogP contribution in [0.2, 0.25) is 0 Å². The van der Waals surface area contributed by atoms with Crippen LogP contribution in [0.3, 0.4) is 0 Å². The Labute approximate surface area is 238 Å². The number of rotatable bonds is 15. The van der Waals surface area contributed by atoms with Crippen molar-refractivity contribution in [2.45, 2.75) is 31.8 Å². The van der Waals surface area contributed by atoms with Gasteiger partial charge in [0.15, 0.2) is 0 Å². The summed E-state index contributed by atoms with van der Waals surface area (Å²) in [5, 5.41) is 25.1. The van der Waals surface area contributed by atoms with E-state index in [-0.39, 0.29) is 29.8 Å². The number of carboxylic acids is 2. The normalized spacial score (nSPS) is 12.1. The Morgan fingerprint density at radius 3 is 2.50 bits per heavy atom. The summed E-state index contributed by atoms with van der Waals surface area (Å²) < 4.78 is 19.9. The van der Waals surface area contributed by atoms with Gasteiger partial charge in [-0.15, -0.1) is 0 Å². The van der Waals surface area contributed by atoms with Crippen LogP contribution in [0, 0.1) is 12.7 Å². The molecule has 2 atom stereocenters. The van der Waals surface area contributed by atoms with E-state index in [4.69, 9.17) is 20.7 Å². The Hall–Kier alpha value is -3.65. The number of methoxy groups -OCH3 is 1. The quantitative estimate of drug-likeness (QED) is 0.146. The molecular weight excluding hydrogens is 614 g/mol. The zero-order chi connectivity index (χ0) is 29.8. The fourth-order valence-electron chi connectivity index (χ4n) is 3.12. The predicted molar refractivity (Wildman–Crippen MR) is 147 cm³/mol. The summed E-state index contributed by atoms with van der Waals surface area (Å²) >= 11 is -0.542. The molecule has 15 heteroatoms. The summed E-state index contributed by atoms with van der Waals surface area (Å²) in [5.74, 6) is -4.49. The van der Waals surface area contributed by atoms with Crippen LogP contribution in [0.4, 0.5) is 10.1 Å². The number of carbonyl (C=O) groups is 5. The molecule has 0 aromatic heterocycles. The Bertz CT molecular complexity index is 1270. The zero-order valence-electron chi connectivity index (χ0n) is 21.6. The number of aryl methyl sites for hydroxylation is 1. The summed E-state index contributed by atoms with van der Waals surface area (Å²) in [6.45, 7) is 0.935. The summed E-state index contributed by atoms with van der Waals surface area (Å²) in [7, 11) is 2.65. The third kappa shape index (κ3) is 10.2. The van der Waals surface area contributed by atoms with Crippen LogP contribution < -0.4 is 30.9 Å². The van der Waals surface area contributed by atoms with Gasteiger partial charge in [-0.05, 0) is 0 Å². The third-order valence-corrected chi connectivity index (χ3v) is 9.60. The van der Waals surface area contributed by atoms with Crippen molar-refractivity contribution in [2.24, 2.45) is 5.73 Å². The molecule has 216 valence electrons. The number of benzene rings is 2. The zero-order valence-corrected chi connectivity index (χ0v) is 24.1. The molecule has 0 heterocycles. The molecule has 0 aliphatic heterocycles. The van der Waals surface area contributed by atoms with E-state index in [1.165, 1.54) is 29.4 Å². The number of anilines is 1. The number of nitrogens with two attached hydrogens (primary N) is 1. The number of carbonyl (C=O) groups excluding carboxylic acids is 3. The standard InChI is InChI=1S/C25H29FN4O8SSe/c1-13-6-7-14(10-16(13)26)29-23(34)15-4-3-5-19(38-2)22(15)40-39-12-18(24(35)28-11-21(32)33)30-20(31)9-8-17(27)25(36)37/h3-7,10,17-18H,8-9,11-12,27H2,1-2H3,(H,28,35)(H,29,34)(H,30,31)(H,32,33)(H,36,37)/t17-,18-/m1/s1. The molecule has 0 aliphatic carbocycles. The van der Waals surface area contributed by atoms with E-state index in [0.717, 1.165) is 0 Å². The second kappa shape index (κ2) is 15.8. The number of carboxylic acid groups (broad SMARTS) is 2. The number of amides is 3. The van der Waals surface area contributed by atoms with Gasteiger partial charge < -0.3 is 0 Å². The molecule has 0 fully saturated rings. The van der Waals surface area contributed by atoms with Crippen molar-refractivity contribution in [2.75, 3.05) is 24.7 Å². The van der Waals surface area contributed by atoms with Gasteiger partial charge in [0.25, 0.3) is 0 Å². The molecule has 3 amide bonds. The molecule has 12 nitrogen and oxygen atoms in total.